The molecule has 0 aromatic carbocycles. The van der Waals surface area contributed by atoms with Crippen molar-refractivity contribution in [1.82, 2.24) is 10.6 Å². The number of halogens is 3. The van der Waals surface area contributed by atoms with E-state index in [1.165, 1.54) is 0 Å². The Labute approximate surface area is 104 Å². The molecule has 2 unspecified atom stereocenters. The van der Waals surface area contributed by atoms with Gasteiger partial charge in [0.05, 0.1) is 25.2 Å². The van der Waals surface area contributed by atoms with Gasteiger partial charge < -0.3 is 15.7 Å². The minimum absolute atomic E-state index is 0.340. The van der Waals surface area contributed by atoms with Gasteiger partial charge in [0, 0.05) is 0 Å². The molecule has 1 rings (SSSR count). The molecule has 0 saturated heterocycles. The number of amides is 1. The number of nitrogens with one attached hydrogen (secondary N) is 2. The molecule has 1 aliphatic carbocycles. The molecule has 4 nitrogen and oxygen atoms in total. The Balaban J connectivity index is 2.26. The lowest BCUT2D eigenvalue weighted by atomic mass is 10.1. The van der Waals surface area contributed by atoms with Crippen molar-refractivity contribution >= 4 is 5.91 Å². The van der Waals surface area contributed by atoms with Crippen LogP contribution in [0, 0.1) is 0 Å². The molecule has 7 heteroatoms. The second kappa shape index (κ2) is 6.94. The Morgan fingerprint density at radius 1 is 1.22 bits per heavy atom. The van der Waals surface area contributed by atoms with Crippen molar-refractivity contribution in [3.05, 3.63) is 0 Å². The third kappa shape index (κ3) is 6.20. The molecule has 1 fully saturated rings. The molecule has 0 aliphatic heterocycles. The highest BCUT2D eigenvalue weighted by atomic mass is 19.4. The summed E-state index contributed by atoms with van der Waals surface area (Å²) in [5.74, 6) is -0.509. The second-order valence-electron chi connectivity index (χ2n) is 4.60. The summed E-state index contributed by atoms with van der Waals surface area (Å²) in [7, 11) is 0. The predicted molar refractivity (Wildman–Crippen MR) is 59.9 cm³/mol. The summed E-state index contributed by atoms with van der Waals surface area (Å²) in [5, 5.41) is 14.3. The fraction of sp³-hybridized carbons (Fsp3) is 0.909. The van der Waals surface area contributed by atoms with Crippen LogP contribution >= 0.6 is 0 Å². The van der Waals surface area contributed by atoms with Crippen LogP contribution in [0.5, 0.6) is 0 Å². The molecule has 1 aliphatic rings. The third-order valence-electron chi connectivity index (χ3n) is 2.94. The van der Waals surface area contributed by atoms with E-state index in [0.29, 0.717) is 12.8 Å². The number of aliphatic hydroxyl groups excluding tert-OH is 1. The molecule has 0 aromatic rings. The first kappa shape index (κ1) is 15.2. The molecule has 3 N–H and O–H groups in total. The minimum Gasteiger partial charge on any atom is -0.391 e. The van der Waals surface area contributed by atoms with Crippen molar-refractivity contribution in [2.24, 2.45) is 0 Å². The van der Waals surface area contributed by atoms with Gasteiger partial charge in [-0.05, 0) is 12.8 Å². The number of rotatable bonds is 4. The maximum atomic E-state index is 11.8. The van der Waals surface area contributed by atoms with Crippen molar-refractivity contribution < 1.29 is 23.1 Å². The highest BCUT2D eigenvalue weighted by Gasteiger charge is 2.27. The van der Waals surface area contributed by atoms with E-state index < -0.39 is 24.7 Å². The number of hydrogen-bond acceptors (Lipinski definition) is 3. The van der Waals surface area contributed by atoms with Crippen molar-refractivity contribution in [3.63, 3.8) is 0 Å². The highest BCUT2D eigenvalue weighted by Crippen LogP contribution is 2.17. The number of carbonyl (C=O) groups is 1. The number of alkyl halides is 3. The molecule has 1 amide bonds. The third-order valence-corrected chi connectivity index (χ3v) is 2.94. The second-order valence-corrected chi connectivity index (χ2v) is 4.60. The normalized spacial score (nSPS) is 25.6. The maximum absolute atomic E-state index is 11.8. The highest BCUT2D eigenvalue weighted by molar-refractivity contribution is 5.78. The van der Waals surface area contributed by atoms with Crippen molar-refractivity contribution in [2.45, 2.75) is 50.4 Å². The minimum atomic E-state index is -4.32. The van der Waals surface area contributed by atoms with Gasteiger partial charge in [-0.3, -0.25) is 4.79 Å². The van der Waals surface area contributed by atoms with Gasteiger partial charge in [-0.2, -0.15) is 13.2 Å². The van der Waals surface area contributed by atoms with E-state index in [0.717, 1.165) is 19.3 Å². The summed E-state index contributed by atoms with van der Waals surface area (Å²) in [6, 6.07) is -0.340. The summed E-state index contributed by atoms with van der Waals surface area (Å²) in [6.07, 6.45) is -0.776. The standard InChI is InChI=1S/C11H19F3N2O2/c12-11(13,14)7-15-6-10(18)16-8-4-2-1-3-5-9(8)17/h8-9,15,17H,1-7H2,(H,16,18). The zero-order chi connectivity index (χ0) is 13.6. The number of aliphatic hydroxyl groups is 1. The quantitative estimate of drug-likeness (QED) is 0.665. The topological polar surface area (TPSA) is 61.4 Å². The molecular formula is C11H19F3N2O2. The Morgan fingerprint density at radius 3 is 2.56 bits per heavy atom. The Morgan fingerprint density at radius 2 is 1.89 bits per heavy atom. The molecule has 2 atom stereocenters. The van der Waals surface area contributed by atoms with Gasteiger partial charge in [0.1, 0.15) is 0 Å². The van der Waals surface area contributed by atoms with E-state index in [9.17, 15) is 23.1 Å². The molecule has 1 saturated carbocycles. The first-order valence-corrected chi connectivity index (χ1v) is 6.13. The van der Waals surface area contributed by atoms with Crippen LogP contribution in [0.4, 0.5) is 13.2 Å². The van der Waals surface area contributed by atoms with Crippen LogP contribution < -0.4 is 10.6 Å². The first-order valence-electron chi connectivity index (χ1n) is 6.13. The summed E-state index contributed by atoms with van der Waals surface area (Å²) >= 11 is 0. The van der Waals surface area contributed by atoms with E-state index in [2.05, 4.69) is 5.32 Å². The first-order chi connectivity index (χ1) is 8.38. The van der Waals surface area contributed by atoms with Crippen molar-refractivity contribution in [1.29, 1.82) is 0 Å². The lowest BCUT2D eigenvalue weighted by Crippen LogP contribution is -2.46. The van der Waals surface area contributed by atoms with Crippen LogP contribution in [-0.2, 0) is 4.79 Å². The van der Waals surface area contributed by atoms with E-state index in [-0.39, 0.29) is 12.6 Å². The van der Waals surface area contributed by atoms with Crippen molar-refractivity contribution in [3.8, 4) is 0 Å². The molecule has 0 spiro atoms. The van der Waals surface area contributed by atoms with Gasteiger partial charge in [-0.25, -0.2) is 0 Å². The Bertz CT molecular complexity index is 272. The smallest absolute Gasteiger partial charge is 0.391 e. The Kier molecular flexibility index (Phi) is 5.87. The van der Waals surface area contributed by atoms with E-state index >= 15 is 0 Å². The average Bonchev–Trinajstić information content (AvgIpc) is 2.42. The fourth-order valence-corrected chi connectivity index (χ4v) is 2.03. The molecule has 0 heterocycles. The van der Waals surface area contributed by atoms with Crippen LogP contribution in [0.3, 0.4) is 0 Å². The maximum Gasteiger partial charge on any atom is 0.401 e. The SMILES string of the molecule is O=C(CNCC(F)(F)F)NC1CCCCCC1O. The van der Waals surface area contributed by atoms with Crippen LogP contribution in [0.1, 0.15) is 32.1 Å². The van der Waals surface area contributed by atoms with Gasteiger partial charge in [0.25, 0.3) is 0 Å². The Hall–Kier alpha value is -0.820. The van der Waals surface area contributed by atoms with Crippen LogP contribution in [0.2, 0.25) is 0 Å². The van der Waals surface area contributed by atoms with E-state index in [1.54, 1.807) is 0 Å². The summed E-state index contributed by atoms with van der Waals surface area (Å²) in [4.78, 5) is 11.4. The summed E-state index contributed by atoms with van der Waals surface area (Å²) < 4.78 is 35.5. The summed E-state index contributed by atoms with van der Waals surface area (Å²) in [5.41, 5.74) is 0. The zero-order valence-electron chi connectivity index (χ0n) is 10.1. The van der Waals surface area contributed by atoms with E-state index in [4.69, 9.17) is 0 Å². The molecule has 0 aromatic heterocycles. The van der Waals surface area contributed by atoms with Gasteiger partial charge in [-0.15, -0.1) is 0 Å². The van der Waals surface area contributed by atoms with Gasteiger partial charge >= 0.3 is 6.18 Å². The lowest BCUT2D eigenvalue weighted by molar-refractivity contribution is -0.129. The van der Waals surface area contributed by atoms with Gasteiger partial charge in [0.15, 0.2) is 0 Å². The van der Waals surface area contributed by atoms with Crippen LogP contribution in [0.15, 0.2) is 0 Å². The average molecular weight is 268 g/mol. The van der Waals surface area contributed by atoms with Gasteiger partial charge in [-0.1, -0.05) is 19.3 Å². The van der Waals surface area contributed by atoms with Crippen molar-refractivity contribution in [2.75, 3.05) is 13.1 Å². The summed E-state index contributed by atoms with van der Waals surface area (Å²) in [6.45, 7) is -1.57. The molecule has 0 bridgehead atoms. The van der Waals surface area contributed by atoms with Gasteiger partial charge in [0.2, 0.25) is 5.91 Å². The van der Waals surface area contributed by atoms with Crippen LogP contribution in [0.25, 0.3) is 0 Å². The zero-order valence-corrected chi connectivity index (χ0v) is 10.1. The number of hydrogen-bond donors (Lipinski definition) is 3. The molecule has 0 radical (unpaired) electrons. The monoisotopic (exact) mass is 268 g/mol. The molecule has 18 heavy (non-hydrogen) atoms. The fourth-order valence-electron chi connectivity index (χ4n) is 2.03. The number of carbonyl (C=O) groups excluding carboxylic acids is 1. The molecular weight excluding hydrogens is 249 g/mol. The van der Waals surface area contributed by atoms with Crippen LogP contribution in [-0.4, -0.2) is 42.4 Å². The van der Waals surface area contributed by atoms with E-state index in [1.807, 2.05) is 5.32 Å². The lowest BCUT2D eigenvalue weighted by Gasteiger charge is -2.21. The molecule has 106 valence electrons. The largest absolute Gasteiger partial charge is 0.401 e. The predicted octanol–water partition coefficient (Wildman–Crippen LogP) is 0.948.